The van der Waals surface area contributed by atoms with Crippen LogP contribution in [0, 0.1) is 0 Å². The first-order valence-electron chi connectivity index (χ1n) is 22.7. The van der Waals surface area contributed by atoms with Gasteiger partial charge in [0.15, 0.2) is 0 Å². The van der Waals surface area contributed by atoms with Gasteiger partial charge in [0.2, 0.25) is 0 Å². The molecule has 3 heterocycles. The zero-order valence-electron chi connectivity index (χ0n) is 35.5. The van der Waals surface area contributed by atoms with Gasteiger partial charge in [-0.1, -0.05) is 163 Å². The Balaban J connectivity index is 1.01. The Bertz CT molecular complexity index is 3790. The van der Waals surface area contributed by atoms with E-state index in [1.165, 1.54) is 85.6 Å². The highest BCUT2D eigenvalue weighted by atomic mass is 32.2. The lowest BCUT2D eigenvalue weighted by Crippen LogP contribution is -2.32. The number of anilines is 3. The van der Waals surface area contributed by atoms with Gasteiger partial charge in [-0.3, -0.25) is 0 Å². The highest BCUT2D eigenvalue weighted by Gasteiger charge is 2.52. The molecule has 0 unspecified atom stereocenters. The molecule has 2 nitrogen and oxygen atoms in total. The second-order valence-corrected chi connectivity index (χ2v) is 20.0. The van der Waals surface area contributed by atoms with Crippen molar-refractivity contribution in [3.63, 3.8) is 0 Å². The normalized spacial score (nSPS) is 14.7. The van der Waals surface area contributed by atoms with Crippen LogP contribution in [0.3, 0.4) is 0 Å². The van der Waals surface area contributed by atoms with Crippen LogP contribution in [0.4, 0.5) is 17.1 Å². The van der Waals surface area contributed by atoms with Crippen LogP contribution < -0.4 is 9.64 Å². The quantitative estimate of drug-likeness (QED) is 0.175. The van der Waals surface area contributed by atoms with Gasteiger partial charge >= 0.3 is 0 Å². The van der Waals surface area contributed by atoms with Gasteiger partial charge < -0.3 is 9.64 Å². The third kappa shape index (κ3) is 4.67. The second kappa shape index (κ2) is 13.5. The van der Waals surface area contributed by atoms with Crippen LogP contribution in [0.15, 0.2) is 234 Å². The van der Waals surface area contributed by atoms with Crippen molar-refractivity contribution < 1.29 is 4.74 Å². The number of ether oxygens (including phenoxy) is 1. The molecule has 0 atom stereocenters. The molecule has 0 radical (unpaired) electrons. The van der Waals surface area contributed by atoms with Gasteiger partial charge in [-0.2, -0.15) is 0 Å². The average Bonchev–Trinajstić information content (AvgIpc) is 3.99. The van der Waals surface area contributed by atoms with E-state index in [-0.39, 0.29) is 0 Å². The zero-order valence-corrected chi connectivity index (χ0v) is 37.2. The summed E-state index contributed by atoms with van der Waals surface area (Å²) in [6, 6.07) is 83.9. The van der Waals surface area contributed by atoms with Crippen LogP contribution in [-0.2, 0) is 10.8 Å². The van der Waals surface area contributed by atoms with E-state index in [0.717, 1.165) is 39.7 Å². The lowest BCUT2D eigenvalue weighted by Gasteiger charge is -2.40. The van der Waals surface area contributed by atoms with Gasteiger partial charge in [0.05, 0.1) is 10.8 Å². The average molecular weight is 876 g/mol. The maximum absolute atomic E-state index is 6.73. The molecule has 0 fully saturated rings. The fourth-order valence-corrected chi connectivity index (χ4v) is 14.5. The summed E-state index contributed by atoms with van der Waals surface area (Å²) in [5.74, 6) is 1.79. The Hall–Kier alpha value is -7.63. The number of rotatable bonds is 3. The molecular formula is C62H37NOS2. The maximum atomic E-state index is 6.73. The van der Waals surface area contributed by atoms with E-state index in [1.54, 1.807) is 0 Å². The van der Waals surface area contributed by atoms with E-state index in [2.05, 4.69) is 229 Å². The molecule has 0 saturated heterocycles. The minimum absolute atomic E-state index is 0.447. The molecule has 0 amide bonds. The Morgan fingerprint density at radius 2 is 0.788 bits per heavy atom. The highest BCUT2D eigenvalue weighted by molar-refractivity contribution is 7.99. The summed E-state index contributed by atoms with van der Waals surface area (Å²) >= 11 is 3.75. The number of para-hydroxylation sites is 2. The van der Waals surface area contributed by atoms with Crippen molar-refractivity contribution in [3.05, 3.63) is 269 Å². The van der Waals surface area contributed by atoms with Gasteiger partial charge in [0, 0.05) is 58.2 Å². The van der Waals surface area contributed by atoms with Crippen molar-refractivity contribution in [3.8, 4) is 33.8 Å². The van der Waals surface area contributed by atoms with Gasteiger partial charge in [0.1, 0.15) is 11.5 Å². The number of fused-ring (bicyclic) bond motifs is 21. The lowest BCUT2D eigenvalue weighted by atomic mass is 9.66. The zero-order chi connectivity index (χ0) is 43.1. The van der Waals surface area contributed by atoms with Crippen LogP contribution in [0.1, 0.15) is 44.5 Å². The Labute approximate surface area is 391 Å². The summed E-state index contributed by atoms with van der Waals surface area (Å²) in [6.07, 6.45) is 0. The predicted octanol–water partition coefficient (Wildman–Crippen LogP) is 16.8. The highest BCUT2D eigenvalue weighted by Crippen LogP contribution is 2.65. The summed E-state index contributed by atoms with van der Waals surface area (Å²) < 4.78 is 9.32. The van der Waals surface area contributed by atoms with Crippen molar-refractivity contribution in [2.75, 3.05) is 4.90 Å². The summed E-state index contributed by atoms with van der Waals surface area (Å²) in [4.78, 5) is 5.13. The number of hydrogen-bond donors (Lipinski definition) is 0. The van der Waals surface area contributed by atoms with Crippen LogP contribution in [0.25, 0.3) is 42.4 Å². The van der Waals surface area contributed by atoms with Crippen molar-refractivity contribution in [2.45, 2.75) is 20.6 Å². The number of hydrogen-bond acceptors (Lipinski definition) is 4. The summed E-state index contributed by atoms with van der Waals surface area (Å²) in [5.41, 5.74) is 17.6. The molecule has 4 aliphatic rings. The summed E-state index contributed by atoms with van der Waals surface area (Å²) in [5, 5.41) is 2.56. The minimum Gasteiger partial charge on any atom is -0.457 e. The molecule has 0 saturated carbocycles. The SMILES string of the molecule is c1ccc2c(c1)Oc1ccccc1C21c2ccccc2-c2ccc(N(c3ccc4c(c3)-c3ccccc3C43c4ccccc4Sc4ccccc43)c3ccc4sc5ccccc5c4c3)cc21. The van der Waals surface area contributed by atoms with Gasteiger partial charge in [-0.15, -0.1) is 11.3 Å². The Kier molecular flexibility index (Phi) is 7.48. The number of thiophene rings is 1. The minimum atomic E-state index is -0.588. The molecule has 4 heteroatoms. The molecule has 0 N–H and O–H groups in total. The van der Waals surface area contributed by atoms with Crippen LogP contribution in [0.5, 0.6) is 11.5 Å². The third-order valence-electron chi connectivity index (χ3n) is 14.8. The molecule has 2 spiro atoms. The third-order valence-corrected chi connectivity index (χ3v) is 17.1. The van der Waals surface area contributed by atoms with Crippen molar-refractivity contribution in [1.82, 2.24) is 0 Å². The van der Waals surface area contributed by atoms with Crippen molar-refractivity contribution >= 4 is 60.3 Å². The maximum Gasteiger partial charge on any atom is 0.132 e. The largest absolute Gasteiger partial charge is 0.457 e. The van der Waals surface area contributed by atoms with Crippen LogP contribution in [0.2, 0.25) is 0 Å². The Morgan fingerprint density at radius 3 is 1.50 bits per heavy atom. The van der Waals surface area contributed by atoms with E-state index in [4.69, 9.17) is 4.74 Å². The first kappa shape index (κ1) is 36.7. The molecular weight excluding hydrogens is 839 g/mol. The van der Waals surface area contributed by atoms with E-state index >= 15 is 0 Å². The molecule has 1 aromatic heterocycles. The smallest absolute Gasteiger partial charge is 0.132 e. The first-order chi connectivity index (χ1) is 32.7. The van der Waals surface area contributed by atoms with Gasteiger partial charge in [-0.05, 0) is 128 Å². The molecule has 10 aromatic carbocycles. The van der Waals surface area contributed by atoms with E-state index in [1.807, 2.05) is 23.1 Å². The lowest BCUT2D eigenvalue weighted by molar-refractivity contribution is 0.436. The summed E-state index contributed by atoms with van der Waals surface area (Å²) in [6.45, 7) is 0. The van der Waals surface area contributed by atoms with E-state index < -0.39 is 10.8 Å². The molecule has 66 heavy (non-hydrogen) atoms. The monoisotopic (exact) mass is 875 g/mol. The molecule has 2 aliphatic heterocycles. The number of nitrogens with zero attached hydrogens (tertiary/aromatic N) is 1. The predicted molar refractivity (Wildman–Crippen MR) is 273 cm³/mol. The van der Waals surface area contributed by atoms with Crippen LogP contribution in [-0.4, -0.2) is 0 Å². The van der Waals surface area contributed by atoms with E-state index in [0.29, 0.717) is 0 Å². The van der Waals surface area contributed by atoms with Crippen molar-refractivity contribution in [2.24, 2.45) is 0 Å². The first-order valence-corrected chi connectivity index (χ1v) is 24.3. The standard InChI is InChI=1S/C62H37NOS2/c1-4-18-47-41(15-1)43-32-29-40(37-54(43)62(47)50-20-6-10-24-55(50)64-56-25-11-7-21-51(56)62)63(39-31-34-58-46(36-39)44-17-3-12-26-57(44)65-58)38-30-33-49-45(35-38)42-16-2-5-19-48(42)61(49)52-22-8-13-27-59(52)66-60-28-14-9-23-53(60)61/h1-37H. The molecule has 11 aromatic rings. The van der Waals surface area contributed by atoms with E-state index in [9.17, 15) is 0 Å². The molecule has 15 rings (SSSR count). The molecule has 308 valence electrons. The molecule has 0 bridgehead atoms. The molecule has 2 aliphatic carbocycles. The van der Waals surface area contributed by atoms with Crippen molar-refractivity contribution in [1.29, 1.82) is 0 Å². The fourth-order valence-electron chi connectivity index (χ4n) is 12.3. The summed E-state index contributed by atoms with van der Waals surface area (Å²) in [7, 11) is 0. The Morgan fingerprint density at radius 1 is 0.318 bits per heavy atom. The van der Waals surface area contributed by atoms with Crippen LogP contribution >= 0.6 is 23.1 Å². The fraction of sp³-hybridized carbons (Fsp3) is 0.0323. The van der Waals surface area contributed by atoms with Gasteiger partial charge in [-0.25, -0.2) is 0 Å². The second-order valence-electron chi connectivity index (χ2n) is 17.9. The topological polar surface area (TPSA) is 12.5 Å². The van der Waals surface area contributed by atoms with Gasteiger partial charge in [0.25, 0.3) is 0 Å². The number of benzene rings is 10.